The van der Waals surface area contributed by atoms with Crippen LogP contribution in [0.25, 0.3) is 0 Å². The van der Waals surface area contributed by atoms with Gasteiger partial charge in [-0.1, -0.05) is 0 Å². The van der Waals surface area contributed by atoms with Crippen molar-refractivity contribution in [2.75, 3.05) is 6.54 Å². The van der Waals surface area contributed by atoms with Gasteiger partial charge in [-0.2, -0.15) is 0 Å². The number of carbonyl (C=O) groups excluding carboxylic acids is 2. The standard InChI is InChI=1S/C5H8N2O2/c1-2-6-5(9)7-3-4-8/h2,4H,3H2,1H3,(H,7,9). The summed E-state index contributed by atoms with van der Waals surface area (Å²) in [6, 6.07) is -0.482. The Morgan fingerprint density at radius 3 is 2.89 bits per heavy atom. The molecule has 50 valence electrons. The van der Waals surface area contributed by atoms with Gasteiger partial charge in [-0.15, -0.1) is 0 Å². The molecule has 0 aliphatic rings. The van der Waals surface area contributed by atoms with Gasteiger partial charge >= 0.3 is 6.03 Å². The van der Waals surface area contributed by atoms with E-state index < -0.39 is 6.03 Å². The molecule has 0 unspecified atom stereocenters. The topological polar surface area (TPSA) is 58.5 Å². The van der Waals surface area contributed by atoms with E-state index >= 15 is 0 Å². The molecule has 0 radical (unpaired) electrons. The van der Waals surface area contributed by atoms with Crippen molar-refractivity contribution in [3.63, 3.8) is 0 Å². The minimum Gasteiger partial charge on any atom is -0.329 e. The summed E-state index contributed by atoms with van der Waals surface area (Å²) in [5.74, 6) is 0. The normalized spacial score (nSPS) is 9.44. The smallest absolute Gasteiger partial charge is 0.329 e. The maximum atomic E-state index is 10.3. The summed E-state index contributed by atoms with van der Waals surface area (Å²) in [6.07, 6.45) is 1.96. The van der Waals surface area contributed by atoms with Crippen molar-refractivity contribution in [3.8, 4) is 0 Å². The van der Waals surface area contributed by atoms with E-state index in [4.69, 9.17) is 0 Å². The average Bonchev–Trinajstić information content (AvgIpc) is 1.85. The Hall–Kier alpha value is -1.19. The minimum absolute atomic E-state index is 0.0240. The fourth-order valence-electron chi connectivity index (χ4n) is 0.292. The zero-order valence-corrected chi connectivity index (χ0v) is 5.13. The van der Waals surface area contributed by atoms with Gasteiger partial charge in [0.1, 0.15) is 6.29 Å². The van der Waals surface area contributed by atoms with Gasteiger partial charge in [0.25, 0.3) is 0 Å². The lowest BCUT2D eigenvalue weighted by atomic mass is 10.7. The molecule has 0 saturated heterocycles. The van der Waals surface area contributed by atoms with Gasteiger partial charge in [0.2, 0.25) is 0 Å². The van der Waals surface area contributed by atoms with Crippen LogP contribution in [0.15, 0.2) is 4.99 Å². The number of rotatable bonds is 2. The molecule has 0 heterocycles. The van der Waals surface area contributed by atoms with Crippen molar-refractivity contribution in [1.29, 1.82) is 0 Å². The highest BCUT2D eigenvalue weighted by Gasteiger charge is 1.89. The van der Waals surface area contributed by atoms with Crippen LogP contribution in [0.2, 0.25) is 0 Å². The van der Waals surface area contributed by atoms with E-state index in [1.165, 1.54) is 6.21 Å². The number of urea groups is 1. The fraction of sp³-hybridized carbons (Fsp3) is 0.400. The molecule has 0 rings (SSSR count). The van der Waals surface area contributed by atoms with Gasteiger partial charge in [0.15, 0.2) is 0 Å². The highest BCUT2D eigenvalue weighted by atomic mass is 16.2. The Labute approximate surface area is 53.0 Å². The molecule has 0 atom stereocenters. The lowest BCUT2D eigenvalue weighted by Crippen LogP contribution is -2.21. The number of aldehydes is 1. The highest BCUT2D eigenvalue weighted by molar-refractivity contribution is 5.83. The fourth-order valence-corrected chi connectivity index (χ4v) is 0.292. The van der Waals surface area contributed by atoms with Crippen LogP contribution in [0.3, 0.4) is 0 Å². The molecule has 0 spiro atoms. The van der Waals surface area contributed by atoms with Gasteiger partial charge < -0.3 is 10.1 Å². The first kappa shape index (κ1) is 7.81. The summed E-state index contributed by atoms with van der Waals surface area (Å²) in [4.78, 5) is 23.3. The SMILES string of the molecule is CC=NC(=O)NCC=O. The van der Waals surface area contributed by atoms with E-state index in [9.17, 15) is 9.59 Å². The van der Waals surface area contributed by atoms with Gasteiger partial charge in [-0.05, 0) is 6.92 Å². The van der Waals surface area contributed by atoms with Crippen molar-refractivity contribution < 1.29 is 9.59 Å². The monoisotopic (exact) mass is 128 g/mol. The molecule has 0 aliphatic heterocycles. The van der Waals surface area contributed by atoms with Crippen molar-refractivity contribution in [2.45, 2.75) is 6.92 Å². The van der Waals surface area contributed by atoms with E-state index in [-0.39, 0.29) is 6.54 Å². The van der Waals surface area contributed by atoms with Crippen molar-refractivity contribution in [2.24, 2.45) is 4.99 Å². The summed E-state index contributed by atoms with van der Waals surface area (Å²) < 4.78 is 0. The Morgan fingerprint density at radius 1 is 1.78 bits per heavy atom. The highest BCUT2D eigenvalue weighted by Crippen LogP contribution is 1.68. The van der Waals surface area contributed by atoms with Crippen LogP contribution in [0.4, 0.5) is 4.79 Å². The third-order valence-corrected chi connectivity index (χ3v) is 0.583. The van der Waals surface area contributed by atoms with E-state index in [0.29, 0.717) is 6.29 Å². The first-order valence-electron chi connectivity index (χ1n) is 2.51. The summed E-state index contributed by atoms with van der Waals surface area (Å²) in [5, 5.41) is 2.23. The average molecular weight is 128 g/mol. The summed E-state index contributed by atoms with van der Waals surface area (Å²) in [7, 11) is 0. The quantitative estimate of drug-likeness (QED) is 0.420. The lowest BCUT2D eigenvalue weighted by molar-refractivity contribution is -0.107. The molecule has 0 aromatic rings. The van der Waals surface area contributed by atoms with Crippen LogP contribution >= 0.6 is 0 Å². The van der Waals surface area contributed by atoms with E-state index in [1.807, 2.05) is 0 Å². The number of aliphatic imine (C=N–C) groups is 1. The predicted molar refractivity (Wildman–Crippen MR) is 33.6 cm³/mol. The number of hydrogen-bond acceptors (Lipinski definition) is 2. The van der Waals surface area contributed by atoms with Crippen molar-refractivity contribution >= 4 is 18.5 Å². The molecule has 0 aromatic carbocycles. The molecule has 0 fully saturated rings. The van der Waals surface area contributed by atoms with Gasteiger partial charge in [-0.25, -0.2) is 9.79 Å². The molecule has 0 aliphatic carbocycles. The van der Waals surface area contributed by atoms with Crippen LogP contribution in [0.5, 0.6) is 0 Å². The number of carbonyl (C=O) groups is 2. The number of nitrogens with one attached hydrogen (secondary N) is 1. The van der Waals surface area contributed by atoms with Crippen LogP contribution in [-0.2, 0) is 4.79 Å². The second-order valence-corrected chi connectivity index (χ2v) is 1.24. The van der Waals surface area contributed by atoms with Crippen LogP contribution < -0.4 is 5.32 Å². The van der Waals surface area contributed by atoms with E-state index in [1.54, 1.807) is 6.92 Å². The molecular formula is C5H8N2O2. The molecule has 4 heteroatoms. The largest absolute Gasteiger partial charge is 0.340 e. The lowest BCUT2D eigenvalue weighted by Gasteiger charge is -1.90. The van der Waals surface area contributed by atoms with Gasteiger partial charge in [-0.3, -0.25) is 0 Å². The van der Waals surface area contributed by atoms with Crippen LogP contribution in [0.1, 0.15) is 6.92 Å². The zero-order chi connectivity index (χ0) is 7.11. The molecule has 9 heavy (non-hydrogen) atoms. The number of amides is 2. The molecule has 1 N–H and O–H groups in total. The molecule has 4 nitrogen and oxygen atoms in total. The summed E-state index contributed by atoms with van der Waals surface area (Å²) in [6.45, 7) is 1.65. The van der Waals surface area contributed by atoms with E-state index in [0.717, 1.165) is 0 Å². The summed E-state index contributed by atoms with van der Waals surface area (Å²) >= 11 is 0. The Balaban J connectivity index is 3.38. The third-order valence-electron chi connectivity index (χ3n) is 0.583. The molecule has 2 amide bonds. The maximum absolute atomic E-state index is 10.3. The van der Waals surface area contributed by atoms with E-state index in [2.05, 4.69) is 10.3 Å². The second kappa shape index (κ2) is 4.96. The maximum Gasteiger partial charge on any atom is 0.340 e. The predicted octanol–water partition coefficient (Wildman–Crippen LogP) is -0.0144. The van der Waals surface area contributed by atoms with Crippen LogP contribution in [0, 0.1) is 0 Å². The molecule has 0 saturated carbocycles. The first-order valence-corrected chi connectivity index (χ1v) is 2.51. The Morgan fingerprint density at radius 2 is 2.44 bits per heavy atom. The zero-order valence-electron chi connectivity index (χ0n) is 5.13. The molecule has 0 aromatic heterocycles. The Bertz CT molecular complexity index is 131. The van der Waals surface area contributed by atoms with Crippen molar-refractivity contribution in [1.82, 2.24) is 5.32 Å². The van der Waals surface area contributed by atoms with Crippen molar-refractivity contribution in [3.05, 3.63) is 0 Å². The van der Waals surface area contributed by atoms with Gasteiger partial charge in [0.05, 0.1) is 6.54 Å². The summed E-state index contributed by atoms with van der Waals surface area (Å²) in [5.41, 5.74) is 0. The molecule has 0 bridgehead atoms. The number of hydrogen-bond donors (Lipinski definition) is 1. The minimum atomic E-state index is -0.482. The van der Waals surface area contributed by atoms with Crippen LogP contribution in [-0.4, -0.2) is 25.1 Å². The van der Waals surface area contributed by atoms with Gasteiger partial charge in [0, 0.05) is 6.21 Å². The number of nitrogens with zero attached hydrogens (tertiary/aromatic N) is 1. The second-order valence-electron chi connectivity index (χ2n) is 1.24. The first-order chi connectivity index (χ1) is 4.31. The Kier molecular flexibility index (Phi) is 4.30. The molecular weight excluding hydrogens is 120 g/mol. The third kappa shape index (κ3) is 4.67.